The normalized spacial score (nSPS) is 18.8. The van der Waals surface area contributed by atoms with E-state index in [-0.39, 0.29) is 0 Å². The van der Waals surface area contributed by atoms with Crippen molar-refractivity contribution < 1.29 is 0 Å². The van der Waals surface area contributed by atoms with Crippen LogP contribution in [0.5, 0.6) is 0 Å². The van der Waals surface area contributed by atoms with E-state index in [0.29, 0.717) is 5.41 Å². The summed E-state index contributed by atoms with van der Waals surface area (Å²) in [5.41, 5.74) is 1.94. The first-order valence-electron chi connectivity index (χ1n) is 5.18. The molecule has 0 atom stereocenters. The summed E-state index contributed by atoms with van der Waals surface area (Å²) in [5.74, 6) is 0. The maximum Gasteiger partial charge on any atom is 0.0357 e. The molecule has 0 amide bonds. The second-order valence-electron chi connectivity index (χ2n) is 4.15. The molecule has 1 aliphatic carbocycles. The quantitative estimate of drug-likeness (QED) is 0.711. The Morgan fingerprint density at radius 3 is 2.92 bits per heavy atom. The van der Waals surface area contributed by atoms with Crippen molar-refractivity contribution in [1.82, 2.24) is 10.3 Å². The Morgan fingerprint density at radius 2 is 2.38 bits per heavy atom. The summed E-state index contributed by atoms with van der Waals surface area (Å²) in [6, 6.07) is 4.17. The molecule has 0 aromatic carbocycles. The zero-order valence-electron chi connectivity index (χ0n) is 8.27. The van der Waals surface area contributed by atoms with Gasteiger partial charge >= 0.3 is 0 Å². The van der Waals surface area contributed by atoms with Crippen molar-refractivity contribution in [3.63, 3.8) is 0 Å². The Labute approximate surface area is 79.7 Å². The van der Waals surface area contributed by atoms with Crippen molar-refractivity contribution >= 4 is 0 Å². The van der Waals surface area contributed by atoms with Gasteiger partial charge in [0.15, 0.2) is 0 Å². The molecule has 0 spiro atoms. The van der Waals surface area contributed by atoms with Crippen LogP contribution >= 0.6 is 0 Å². The average Bonchev–Trinajstić information content (AvgIpc) is 2.74. The monoisotopic (exact) mass is 178 g/mol. The summed E-state index contributed by atoms with van der Waals surface area (Å²) < 4.78 is 0. The summed E-state index contributed by atoms with van der Waals surface area (Å²) in [6.45, 7) is 4.46. The predicted molar refractivity (Wildman–Crippen MR) is 54.5 cm³/mol. The highest BCUT2D eigenvalue weighted by atomic mass is 14.9. The van der Waals surface area contributed by atoms with Crippen LogP contribution in [0.1, 0.15) is 31.9 Å². The Balaban J connectivity index is 1.70. The van der Waals surface area contributed by atoms with Crippen molar-refractivity contribution in [2.45, 2.75) is 32.7 Å². The van der Waals surface area contributed by atoms with E-state index in [1.165, 1.54) is 31.5 Å². The second kappa shape index (κ2) is 3.54. The lowest BCUT2D eigenvalue weighted by atomic mass is 10.0. The molecule has 72 valence electrons. The van der Waals surface area contributed by atoms with Crippen LogP contribution in [0.4, 0.5) is 0 Å². The molecule has 0 unspecified atom stereocenters. The zero-order valence-corrected chi connectivity index (χ0v) is 8.27. The van der Waals surface area contributed by atoms with E-state index in [1.54, 1.807) is 0 Å². The summed E-state index contributed by atoms with van der Waals surface area (Å²) in [7, 11) is 0. The topological polar surface area (TPSA) is 27.8 Å². The van der Waals surface area contributed by atoms with Gasteiger partial charge in [-0.15, -0.1) is 0 Å². The molecule has 2 rings (SSSR count). The molecule has 1 saturated carbocycles. The smallest absolute Gasteiger partial charge is 0.0357 e. The molecule has 0 radical (unpaired) electrons. The minimum absolute atomic E-state index is 0.659. The van der Waals surface area contributed by atoms with Gasteiger partial charge in [0.2, 0.25) is 0 Å². The highest BCUT2D eigenvalue weighted by Crippen LogP contribution is 2.47. The maximum absolute atomic E-state index is 3.51. The van der Waals surface area contributed by atoms with E-state index in [2.05, 4.69) is 23.3 Å². The number of hydrogen-bond acceptors (Lipinski definition) is 1. The predicted octanol–water partition coefficient (Wildman–Crippen LogP) is 2.29. The fourth-order valence-electron chi connectivity index (χ4n) is 1.77. The Bertz CT molecular complexity index is 247. The summed E-state index contributed by atoms with van der Waals surface area (Å²) in [5, 5.41) is 3.51. The molecule has 2 N–H and O–H groups in total. The minimum atomic E-state index is 0.659. The Hall–Kier alpha value is -0.760. The molecule has 0 saturated heterocycles. The Kier molecular flexibility index (Phi) is 2.40. The molecule has 1 aromatic heterocycles. The van der Waals surface area contributed by atoms with Gasteiger partial charge in [-0.3, -0.25) is 0 Å². The SMILES string of the molecule is CCC1(CNCc2ccc[nH]2)CC1. The molecule has 2 heteroatoms. The third-order valence-corrected chi connectivity index (χ3v) is 3.18. The van der Waals surface area contributed by atoms with E-state index in [1.807, 2.05) is 12.3 Å². The molecular formula is C11H18N2. The van der Waals surface area contributed by atoms with Crippen LogP contribution in [0.2, 0.25) is 0 Å². The second-order valence-corrected chi connectivity index (χ2v) is 4.15. The first-order chi connectivity index (χ1) is 6.35. The largest absolute Gasteiger partial charge is 0.364 e. The number of aromatic amines is 1. The molecular weight excluding hydrogens is 160 g/mol. The van der Waals surface area contributed by atoms with Crippen LogP contribution in [0.3, 0.4) is 0 Å². The molecule has 0 aliphatic heterocycles. The van der Waals surface area contributed by atoms with Crippen LogP contribution in [0.15, 0.2) is 18.3 Å². The number of rotatable bonds is 5. The van der Waals surface area contributed by atoms with E-state index in [9.17, 15) is 0 Å². The van der Waals surface area contributed by atoms with Crippen molar-refractivity contribution in [1.29, 1.82) is 0 Å². The van der Waals surface area contributed by atoms with Crippen molar-refractivity contribution in [2.75, 3.05) is 6.54 Å². The highest BCUT2D eigenvalue weighted by Gasteiger charge is 2.39. The van der Waals surface area contributed by atoms with Crippen molar-refractivity contribution in [3.05, 3.63) is 24.0 Å². The standard InChI is InChI=1S/C11H18N2/c1-2-11(5-6-11)9-12-8-10-4-3-7-13-10/h3-4,7,12-13H,2,5-6,8-9H2,1H3. The number of aromatic nitrogens is 1. The Morgan fingerprint density at radius 1 is 1.54 bits per heavy atom. The minimum Gasteiger partial charge on any atom is -0.364 e. The van der Waals surface area contributed by atoms with Crippen LogP contribution in [0, 0.1) is 5.41 Å². The average molecular weight is 178 g/mol. The van der Waals surface area contributed by atoms with E-state index in [0.717, 1.165) is 6.54 Å². The summed E-state index contributed by atoms with van der Waals surface area (Å²) in [6.07, 6.45) is 6.14. The van der Waals surface area contributed by atoms with Gasteiger partial charge in [0.05, 0.1) is 0 Å². The van der Waals surface area contributed by atoms with Crippen molar-refractivity contribution in [3.8, 4) is 0 Å². The lowest BCUT2D eigenvalue weighted by Gasteiger charge is -2.12. The highest BCUT2D eigenvalue weighted by molar-refractivity contribution is 5.03. The van der Waals surface area contributed by atoms with Gasteiger partial charge < -0.3 is 10.3 Å². The lowest BCUT2D eigenvalue weighted by molar-refractivity contribution is 0.442. The van der Waals surface area contributed by atoms with Crippen molar-refractivity contribution in [2.24, 2.45) is 5.41 Å². The van der Waals surface area contributed by atoms with Crippen LogP contribution in [-0.4, -0.2) is 11.5 Å². The molecule has 1 aliphatic rings. The molecule has 0 bridgehead atoms. The van der Waals surface area contributed by atoms with Gasteiger partial charge in [-0.1, -0.05) is 6.92 Å². The summed E-state index contributed by atoms with van der Waals surface area (Å²) in [4.78, 5) is 3.20. The number of hydrogen-bond donors (Lipinski definition) is 2. The van der Waals surface area contributed by atoms with Crippen LogP contribution in [0.25, 0.3) is 0 Å². The number of nitrogens with one attached hydrogen (secondary N) is 2. The van der Waals surface area contributed by atoms with Gasteiger partial charge in [-0.25, -0.2) is 0 Å². The first-order valence-corrected chi connectivity index (χ1v) is 5.18. The van der Waals surface area contributed by atoms with Crippen LogP contribution < -0.4 is 5.32 Å². The summed E-state index contributed by atoms with van der Waals surface area (Å²) >= 11 is 0. The third kappa shape index (κ3) is 2.13. The fraction of sp³-hybridized carbons (Fsp3) is 0.636. The van der Waals surface area contributed by atoms with E-state index >= 15 is 0 Å². The van der Waals surface area contributed by atoms with E-state index < -0.39 is 0 Å². The number of H-pyrrole nitrogens is 1. The third-order valence-electron chi connectivity index (χ3n) is 3.18. The van der Waals surface area contributed by atoms with E-state index in [4.69, 9.17) is 0 Å². The molecule has 1 aromatic rings. The molecule has 2 nitrogen and oxygen atoms in total. The van der Waals surface area contributed by atoms with Gasteiger partial charge in [-0.2, -0.15) is 0 Å². The lowest BCUT2D eigenvalue weighted by Crippen LogP contribution is -2.23. The molecule has 13 heavy (non-hydrogen) atoms. The maximum atomic E-state index is 3.51. The molecule has 1 fully saturated rings. The van der Waals surface area contributed by atoms with Gasteiger partial charge in [0, 0.05) is 25.0 Å². The van der Waals surface area contributed by atoms with Gasteiger partial charge in [0.25, 0.3) is 0 Å². The molecule has 1 heterocycles. The zero-order chi connectivity index (χ0) is 9.15. The first kappa shape index (κ1) is 8.82. The van der Waals surface area contributed by atoms with Gasteiger partial charge in [-0.05, 0) is 36.8 Å². The fourth-order valence-corrected chi connectivity index (χ4v) is 1.77. The van der Waals surface area contributed by atoms with Gasteiger partial charge in [0.1, 0.15) is 0 Å². The van der Waals surface area contributed by atoms with Crippen LogP contribution in [-0.2, 0) is 6.54 Å².